The molecule has 1 heterocycles. The van der Waals surface area contributed by atoms with Crippen molar-refractivity contribution in [3.63, 3.8) is 0 Å². The van der Waals surface area contributed by atoms with E-state index in [1.807, 2.05) is 25.1 Å². The molecular weight excluding hydrogens is 346 g/mol. The number of aromatic nitrogens is 2. The van der Waals surface area contributed by atoms with Crippen LogP contribution < -0.4 is 10.5 Å². The average molecular weight is 362 g/mol. The van der Waals surface area contributed by atoms with Gasteiger partial charge in [0.05, 0.1) is 30.8 Å². The monoisotopic (exact) mass is 361 g/mol. The fourth-order valence-corrected chi connectivity index (χ4v) is 2.18. The molecule has 2 aromatic rings. The first-order valence-electron chi connectivity index (χ1n) is 6.75. The number of halogens is 1. The van der Waals surface area contributed by atoms with Gasteiger partial charge in [0, 0.05) is 16.5 Å². The molecule has 0 atom stereocenters. The lowest BCUT2D eigenvalue weighted by atomic mass is 10.2. The molecule has 0 aliphatic carbocycles. The van der Waals surface area contributed by atoms with Crippen molar-refractivity contribution >= 4 is 28.1 Å². The van der Waals surface area contributed by atoms with Crippen LogP contribution in [0.3, 0.4) is 0 Å². The van der Waals surface area contributed by atoms with E-state index >= 15 is 0 Å². The summed E-state index contributed by atoms with van der Waals surface area (Å²) in [5, 5.41) is 12.8. The lowest BCUT2D eigenvalue weighted by molar-refractivity contribution is 0.312. The summed E-state index contributed by atoms with van der Waals surface area (Å²) >= 11 is 3.43. The van der Waals surface area contributed by atoms with Crippen LogP contribution in [0, 0.1) is 18.3 Å². The number of unbranched alkanes of at least 4 members (excludes halogenated alkanes) is 1. The minimum atomic E-state index is 0.334. The van der Waals surface area contributed by atoms with Crippen molar-refractivity contribution in [3.8, 4) is 11.8 Å². The summed E-state index contributed by atoms with van der Waals surface area (Å²) in [6.45, 7) is 2.34. The van der Waals surface area contributed by atoms with Gasteiger partial charge in [-0.15, -0.1) is 0 Å². The van der Waals surface area contributed by atoms with E-state index in [9.17, 15) is 0 Å². The van der Waals surface area contributed by atoms with Gasteiger partial charge in [0.2, 0.25) is 5.95 Å². The minimum absolute atomic E-state index is 0.334. The lowest BCUT2D eigenvalue weighted by Gasteiger charge is -2.08. The molecule has 0 amide bonds. The Morgan fingerprint density at radius 3 is 3.05 bits per heavy atom. The van der Waals surface area contributed by atoms with Gasteiger partial charge < -0.3 is 10.5 Å². The average Bonchev–Trinajstić information content (AvgIpc) is 2.81. The van der Waals surface area contributed by atoms with Gasteiger partial charge in [-0.25, -0.2) is 9.66 Å². The van der Waals surface area contributed by atoms with E-state index in [0.29, 0.717) is 31.1 Å². The van der Waals surface area contributed by atoms with Crippen LogP contribution >= 0.6 is 15.9 Å². The first-order chi connectivity index (χ1) is 10.6. The Labute approximate surface area is 137 Å². The maximum Gasteiger partial charge on any atom is 0.221 e. The molecule has 0 unspecified atom stereocenters. The number of hydrogen-bond donors (Lipinski definition) is 1. The number of aryl methyl sites for hydroxylation is 1. The summed E-state index contributed by atoms with van der Waals surface area (Å²) in [6, 6.07) is 7.76. The molecule has 1 aromatic carbocycles. The molecule has 0 spiro atoms. The second-order valence-corrected chi connectivity index (χ2v) is 5.54. The van der Waals surface area contributed by atoms with E-state index in [-0.39, 0.29) is 0 Å². The first kappa shape index (κ1) is 16.0. The van der Waals surface area contributed by atoms with E-state index in [1.165, 1.54) is 4.68 Å². The molecule has 7 heteroatoms. The van der Waals surface area contributed by atoms with Crippen molar-refractivity contribution < 1.29 is 4.74 Å². The van der Waals surface area contributed by atoms with Gasteiger partial charge in [0.15, 0.2) is 0 Å². The fourth-order valence-electron chi connectivity index (χ4n) is 1.81. The quantitative estimate of drug-likeness (QED) is 0.632. The van der Waals surface area contributed by atoms with E-state index in [1.54, 1.807) is 12.4 Å². The zero-order valence-electron chi connectivity index (χ0n) is 12.2. The highest BCUT2D eigenvalue weighted by molar-refractivity contribution is 9.10. The van der Waals surface area contributed by atoms with Crippen molar-refractivity contribution in [2.45, 2.75) is 19.8 Å². The molecule has 2 N–H and O–H groups in total. The largest absolute Gasteiger partial charge is 0.493 e. The number of anilines is 1. The Hall–Kier alpha value is -2.33. The summed E-state index contributed by atoms with van der Waals surface area (Å²) < 4.78 is 8.13. The van der Waals surface area contributed by atoms with Crippen LogP contribution in [0.1, 0.15) is 24.1 Å². The van der Waals surface area contributed by atoms with Gasteiger partial charge in [-0.2, -0.15) is 10.4 Å². The number of hydrogen-bond acceptors (Lipinski definition) is 5. The number of nitrogens with zero attached hydrogens (tertiary/aromatic N) is 4. The van der Waals surface area contributed by atoms with E-state index in [0.717, 1.165) is 15.7 Å². The molecule has 0 radical (unpaired) electrons. The third-order valence-electron chi connectivity index (χ3n) is 2.82. The molecule has 0 saturated carbocycles. The van der Waals surface area contributed by atoms with Crippen LogP contribution in [-0.4, -0.2) is 22.5 Å². The first-order valence-corrected chi connectivity index (χ1v) is 7.54. The van der Waals surface area contributed by atoms with Gasteiger partial charge in [-0.05, 0) is 31.5 Å². The highest BCUT2D eigenvalue weighted by Gasteiger charge is 2.04. The molecule has 6 nitrogen and oxygen atoms in total. The molecule has 2 rings (SSSR count). The molecular formula is C15H16BrN5O. The van der Waals surface area contributed by atoms with Crippen LogP contribution in [-0.2, 0) is 0 Å². The number of benzene rings is 1. The Bertz CT molecular complexity index is 717. The van der Waals surface area contributed by atoms with E-state index < -0.39 is 0 Å². The van der Waals surface area contributed by atoms with Crippen molar-refractivity contribution in [2.24, 2.45) is 5.10 Å². The van der Waals surface area contributed by atoms with Crippen molar-refractivity contribution in [1.29, 1.82) is 5.26 Å². The second-order valence-electron chi connectivity index (χ2n) is 4.62. The molecule has 0 saturated heterocycles. The topological polar surface area (TPSA) is 89.2 Å². The van der Waals surface area contributed by atoms with Gasteiger partial charge in [-0.1, -0.05) is 15.9 Å². The van der Waals surface area contributed by atoms with Crippen LogP contribution in [0.25, 0.3) is 0 Å². The molecule has 0 fully saturated rings. The molecule has 0 bridgehead atoms. The number of imidazole rings is 1. The Morgan fingerprint density at radius 1 is 1.55 bits per heavy atom. The van der Waals surface area contributed by atoms with Crippen molar-refractivity contribution in [2.75, 3.05) is 12.3 Å². The van der Waals surface area contributed by atoms with E-state index in [4.69, 9.17) is 15.7 Å². The summed E-state index contributed by atoms with van der Waals surface area (Å²) in [5.74, 6) is 1.04. The highest BCUT2D eigenvalue weighted by Crippen LogP contribution is 2.22. The Morgan fingerprint density at radius 2 is 2.36 bits per heavy atom. The van der Waals surface area contributed by atoms with Gasteiger partial charge in [-0.3, -0.25) is 0 Å². The third kappa shape index (κ3) is 4.33. The highest BCUT2D eigenvalue weighted by atomic mass is 79.9. The standard InChI is InChI=1S/C15H16BrN5O/c1-11-10-21(15(18)20-11)19-9-12-8-13(16)4-5-14(12)22-7-3-2-6-17/h4-5,8-10H,2-3,7H2,1H3,(H2,18,20). The van der Waals surface area contributed by atoms with Crippen molar-refractivity contribution in [1.82, 2.24) is 9.66 Å². The molecule has 0 aliphatic rings. The number of nitriles is 1. The maximum atomic E-state index is 8.54. The zero-order valence-corrected chi connectivity index (χ0v) is 13.7. The summed E-state index contributed by atoms with van der Waals surface area (Å²) in [7, 11) is 0. The Kier molecular flexibility index (Phi) is 5.55. The van der Waals surface area contributed by atoms with Gasteiger partial charge in [0.25, 0.3) is 0 Å². The van der Waals surface area contributed by atoms with Crippen LogP contribution in [0.4, 0.5) is 5.95 Å². The minimum Gasteiger partial charge on any atom is -0.493 e. The number of rotatable bonds is 6. The third-order valence-corrected chi connectivity index (χ3v) is 3.31. The van der Waals surface area contributed by atoms with Crippen molar-refractivity contribution in [3.05, 3.63) is 40.1 Å². The predicted octanol–water partition coefficient (Wildman–Crippen LogP) is 3.10. The predicted molar refractivity (Wildman–Crippen MR) is 88.9 cm³/mol. The van der Waals surface area contributed by atoms with E-state index in [2.05, 4.69) is 32.1 Å². The number of nitrogens with two attached hydrogens (primary N) is 1. The summed E-state index contributed by atoms with van der Waals surface area (Å²) in [5.41, 5.74) is 7.37. The van der Waals surface area contributed by atoms with Crippen LogP contribution in [0.15, 0.2) is 34.0 Å². The second kappa shape index (κ2) is 7.61. The SMILES string of the molecule is Cc1cn(N=Cc2cc(Br)ccc2OCCCC#N)c(N)n1. The molecule has 114 valence electrons. The number of ether oxygens (including phenoxy) is 1. The zero-order chi connectivity index (χ0) is 15.9. The molecule has 1 aromatic heterocycles. The Balaban J connectivity index is 2.16. The van der Waals surface area contributed by atoms with Crippen LogP contribution in [0.5, 0.6) is 5.75 Å². The normalized spacial score (nSPS) is 10.8. The van der Waals surface area contributed by atoms with Gasteiger partial charge in [0.1, 0.15) is 5.75 Å². The lowest BCUT2D eigenvalue weighted by Crippen LogP contribution is -2.01. The summed E-state index contributed by atoms with van der Waals surface area (Å²) in [4.78, 5) is 4.09. The summed E-state index contributed by atoms with van der Waals surface area (Å²) in [6.07, 6.45) is 4.58. The molecule has 0 aliphatic heterocycles. The molecule has 22 heavy (non-hydrogen) atoms. The maximum absolute atomic E-state index is 8.54. The smallest absolute Gasteiger partial charge is 0.221 e. The number of nitrogen functional groups attached to an aromatic ring is 1. The van der Waals surface area contributed by atoms with Gasteiger partial charge >= 0.3 is 0 Å². The van der Waals surface area contributed by atoms with Crippen LogP contribution in [0.2, 0.25) is 0 Å². The fraction of sp³-hybridized carbons (Fsp3) is 0.267.